The SMILES string of the molecule is CCOC1=C(C=O)C=CC(Cc2cccc(Cl)c2)(C2C=Nc3ccccc3O2)C1=O. The molecule has 30 heavy (non-hydrogen) atoms. The molecule has 4 rings (SSSR count). The molecule has 2 aromatic carbocycles. The molecule has 0 radical (unpaired) electrons. The smallest absolute Gasteiger partial charge is 0.212 e. The van der Waals surface area contributed by atoms with Gasteiger partial charge < -0.3 is 9.47 Å². The van der Waals surface area contributed by atoms with E-state index in [2.05, 4.69) is 4.99 Å². The lowest BCUT2D eigenvalue weighted by Crippen LogP contribution is -2.50. The average Bonchev–Trinajstić information content (AvgIpc) is 2.76. The summed E-state index contributed by atoms with van der Waals surface area (Å²) in [6, 6.07) is 14.7. The summed E-state index contributed by atoms with van der Waals surface area (Å²) in [6.45, 7) is 2.04. The van der Waals surface area contributed by atoms with Crippen molar-refractivity contribution in [2.24, 2.45) is 10.4 Å². The van der Waals surface area contributed by atoms with Crippen molar-refractivity contribution in [3.8, 4) is 5.75 Å². The van der Waals surface area contributed by atoms with Crippen molar-refractivity contribution in [1.29, 1.82) is 0 Å². The van der Waals surface area contributed by atoms with Gasteiger partial charge in [0.1, 0.15) is 16.9 Å². The minimum absolute atomic E-state index is 0.0490. The number of rotatable bonds is 6. The zero-order valence-electron chi connectivity index (χ0n) is 16.4. The first-order valence-corrected chi connectivity index (χ1v) is 10.1. The highest BCUT2D eigenvalue weighted by atomic mass is 35.5. The molecular weight excluding hydrogens is 402 g/mol. The van der Waals surface area contributed by atoms with E-state index in [1.807, 2.05) is 42.5 Å². The second-order valence-electron chi connectivity index (χ2n) is 7.13. The van der Waals surface area contributed by atoms with Crippen LogP contribution >= 0.6 is 11.6 Å². The van der Waals surface area contributed by atoms with Crippen LogP contribution in [-0.4, -0.2) is 31.0 Å². The molecule has 1 aliphatic heterocycles. The van der Waals surface area contributed by atoms with Gasteiger partial charge in [-0.3, -0.25) is 14.6 Å². The number of halogens is 1. The summed E-state index contributed by atoms with van der Waals surface area (Å²) in [6.07, 6.45) is 5.26. The van der Waals surface area contributed by atoms with Gasteiger partial charge in [-0.1, -0.05) is 48.0 Å². The van der Waals surface area contributed by atoms with Crippen molar-refractivity contribution in [3.63, 3.8) is 0 Å². The Hall–Kier alpha value is -3.18. The van der Waals surface area contributed by atoms with Crippen LogP contribution in [0, 0.1) is 5.41 Å². The average molecular weight is 422 g/mol. The maximum atomic E-state index is 13.7. The number of para-hydroxylation sites is 2. The second kappa shape index (κ2) is 8.28. The van der Waals surface area contributed by atoms with Crippen LogP contribution in [0.1, 0.15) is 12.5 Å². The van der Waals surface area contributed by atoms with Gasteiger partial charge in [0.2, 0.25) is 5.78 Å². The molecule has 1 aliphatic carbocycles. The van der Waals surface area contributed by atoms with Gasteiger partial charge in [-0.25, -0.2) is 0 Å². The Kier molecular flexibility index (Phi) is 5.55. The predicted octanol–water partition coefficient (Wildman–Crippen LogP) is 4.66. The van der Waals surface area contributed by atoms with Crippen LogP contribution in [0.15, 0.2) is 77.0 Å². The summed E-state index contributed by atoms with van der Waals surface area (Å²) in [5, 5.41) is 0.576. The van der Waals surface area contributed by atoms with E-state index >= 15 is 0 Å². The number of carbonyl (C=O) groups excluding carboxylic acids is 2. The van der Waals surface area contributed by atoms with Crippen LogP contribution in [0.25, 0.3) is 0 Å². The zero-order valence-corrected chi connectivity index (χ0v) is 17.1. The third-order valence-corrected chi connectivity index (χ3v) is 5.46. The number of aldehydes is 1. The second-order valence-corrected chi connectivity index (χ2v) is 7.57. The fraction of sp³-hybridized carbons (Fsp3) is 0.208. The number of carbonyl (C=O) groups is 2. The Labute approximate surface area is 179 Å². The first kappa shape index (κ1) is 20.1. The van der Waals surface area contributed by atoms with Gasteiger partial charge in [0.25, 0.3) is 0 Å². The molecule has 6 heteroatoms. The number of fused-ring (bicyclic) bond motifs is 1. The van der Waals surface area contributed by atoms with Crippen molar-refractivity contribution in [2.45, 2.75) is 19.4 Å². The number of nitrogens with zero attached hydrogens (tertiary/aromatic N) is 1. The molecule has 0 N–H and O–H groups in total. The number of hydrogen-bond donors (Lipinski definition) is 0. The first-order valence-electron chi connectivity index (χ1n) is 9.68. The van der Waals surface area contributed by atoms with E-state index in [4.69, 9.17) is 21.1 Å². The molecule has 2 atom stereocenters. The van der Waals surface area contributed by atoms with E-state index < -0.39 is 11.5 Å². The molecule has 5 nitrogen and oxygen atoms in total. The number of Topliss-reactive ketones (excluding diaryl/α,β-unsaturated/α-hetero) is 1. The van der Waals surface area contributed by atoms with Crippen molar-refractivity contribution >= 4 is 35.6 Å². The van der Waals surface area contributed by atoms with Gasteiger partial charge >= 0.3 is 0 Å². The molecule has 0 spiro atoms. The maximum absolute atomic E-state index is 13.7. The minimum Gasteiger partial charge on any atom is -0.489 e. The Morgan fingerprint density at radius 3 is 2.83 bits per heavy atom. The number of ketones is 1. The van der Waals surface area contributed by atoms with Gasteiger partial charge in [0.05, 0.1) is 12.2 Å². The molecule has 0 amide bonds. The van der Waals surface area contributed by atoms with E-state index in [9.17, 15) is 9.59 Å². The molecular formula is C24H20ClNO4. The predicted molar refractivity (Wildman–Crippen MR) is 115 cm³/mol. The van der Waals surface area contributed by atoms with Crippen LogP contribution in [0.3, 0.4) is 0 Å². The highest BCUT2D eigenvalue weighted by molar-refractivity contribution is 6.30. The zero-order chi connectivity index (χ0) is 21.1. The lowest BCUT2D eigenvalue weighted by molar-refractivity contribution is -0.129. The van der Waals surface area contributed by atoms with E-state index in [0.29, 0.717) is 29.2 Å². The summed E-state index contributed by atoms with van der Waals surface area (Å²) in [5.74, 6) is 0.331. The lowest BCUT2D eigenvalue weighted by Gasteiger charge is -2.39. The largest absolute Gasteiger partial charge is 0.489 e. The summed E-state index contributed by atoms with van der Waals surface area (Å²) < 4.78 is 11.8. The van der Waals surface area contributed by atoms with Gasteiger partial charge in [-0.15, -0.1) is 0 Å². The van der Waals surface area contributed by atoms with E-state index in [1.165, 1.54) is 0 Å². The van der Waals surface area contributed by atoms with Crippen LogP contribution in [0.5, 0.6) is 5.75 Å². The fourth-order valence-corrected chi connectivity index (χ4v) is 4.00. The molecule has 2 unspecified atom stereocenters. The van der Waals surface area contributed by atoms with Crippen LogP contribution in [-0.2, 0) is 20.7 Å². The normalized spacial score (nSPS) is 22.5. The minimum atomic E-state index is -1.14. The molecule has 0 saturated heterocycles. The highest BCUT2D eigenvalue weighted by Gasteiger charge is 2.49. The van der Waals surface area contributed by atoms with Crippen LogP contribution in [0.2, 0.25) is 5.02 Å². The third-order valence-electron chi connectivity index (χ3n) is 5.23. The molecule has 0 saturated carbocycles. The summed E-state index contributed by atoms with van der Waals surface area (Å²) in [4.78, 5) is 29.8. The van der Waals surface area contributed by atoms with Crippen LogP contribution < -0.4 is 4.74 Å². The Morgan fingerprint density at radius 2 is 2.07 bits per heavy atom. The number of allylic oxidation sites excluding steroid dienone is 3. The third kappa shape index (κ3) is 3.57. The standard InChI is InChI=1S/C24H20ClNO4/c1-2-29-22-17(15-27)10-11-24(23(22)28,13-16-6-5-7-18(25)12-16)21-14-26-19-8-3-4-9-20(19)30-21/h3-12,14-15,21H,2,13H2,1H3. The van der Waals surface area contributed by atoms with E-state index in [-0.39, 0.29) is 23.7 Å². The molecule has 1 heterocycles. The Morgan fingerprint density at radius 1 is 1.23 bits per heavy atom. The monoisotopic (exact) mass is 421 g/mol. The maximum Gasteiger partial charge on any atom is 0.212 e. The lowest BCUT2D eigenvalue weighted by atomic mass is 9.69. The molecule has 0 aromatic heterocycles. The van der Waals surface area contributed by atoms with E-state index in [0.717, 1.165) is 5.56 Å². The molecule has 0 fully saturated rings. The number of aliphatic imine (C=N–C) groups is 1. The van der Waals surface area contributed by atoms with Crippen molar-refractivity contribution < 1.29 is 19.1 Å². The first-order chi connectivity index (χ1) is 14.6. The van der Waals surface area contributed by atoms with Gasteiger partial charge in [0, 0.05) is 11.2 Å². The molecule has 2 aromatic rings. The summed E-state index contributed by atoms with van der Waals surface area (Å²) in [7, 11) is 0. The summed E-state index contributed by atoms with van der Waals surface area (Å²) in [5.41, 5.74) is 0.644. The molecule has 152 valence electrons. The number of benzene rings is 2. The quantitative estimate of drug-likeness (QED) is 0.636. The Bertz CT molecular complexity index is 1090. The van der Waals surface area contributed by atoms with E-state index in [1.54, 1.807) is 31.4 Å². The molecule has 2 aliphatic rings. The molecule has 0 bridgehead atoms. The van der Waals surface area contributed by atoms with Crippen molar-refractivity contribution in [2.75, 3.05) is 6.61 Å². The number of ether oxygens (including phenoxy) is 2. The highest BCUT2D eigenvalue weighted by Crippen LogP contribution is 2.42. The number of hydrogen-bond acceptors (Lipinski definition) is 5. The summed E-state index contributed by atoms with van der Waals surface area (Å²) >= 11 is 6.18. The topological polar surface area (TPSA) is 65.0 Å². The van der Waals surface area contributed by atoms with Gasteiger partial charge in [0.15, 0.2) is 18.1 Å². The Balaban J connectivity index is 1.81. The van der Waals surface area contributed by atoms with Gasteiger partial charge in [-0.05, 0) is 43.2 Å². The van der Waals surface area contributed by atoms with Crippen molar-refractivity contribution in [3.05, 3.63) is 82.6 Å². The van der Waals surface area contributed by atoms with Crippen molar-refractivity contribution in [1.82, 2.24) is 0 Å². The van der Waals surface area contributed by atoms with Crippen LogP contribution in [0.4, 0.5) is 5.69 Å². The fourth-order valence-electron chi connectivity index (χ4n) is 3.78. The van der Waals surface area contributed by atoms with Gasteiger partial charge in [-0.2, -0.15) is 0 Å².